The number of hydrogen-bond donors (Lipinski definition) is 0. The summed E-state index contributed by atoms with van der Waals surface area (Å²) in [7, 11) is -1.35. The van der Waals surface area contributed by atoms with Gasteiger partial charge < -0.3 is 4.74 Å². The van der Waals surface area contributed by atoms with E-state index in [2.05, 4.69) is 42.0 Å². The van der Waals surface area contributed by atoms with Crippen LogP contribution in [0.4, 0.5) is 17.6 Å². The average molecular weight is 563 g/mol. The Morgan fingerprint density at radius 1 is 0.795 bits per heavy atom. The molecule has 39 heavy (non-hydrogen) atoms. The van der Waals surface area contributed by atoms with E-state index in [4.69, 9.17) is 0 Å². The van der Waals surface area contributed by atoms with Gasteiger partial charge >= 0.3 is 6.61 Å². The normalized spacial score (nSPS) is 25.6. The zero-order valence-electron chi connectivity index (χ0n) is 23.6. The first-order chi connectivity index (χ1) is 18.9. The van der Waals surface area contributed by atoms with Gasteiger partial charge in [0, 0.05) is 0 Å². The summed E-state index contributed by atoms with van der Waals surface area (Å²) in [4.78, 5) is 0. The summed E-state index contributed by atoms with van der Waals surface area (Å²) in [5.74, 6) is -1.41. The molecule has 0 spiro atoms. The third-order valence-corrected chi connectivity index (χ3v) is 15.1. The maximum absolute atomic E-state index is 14.2. The predicted molar refractivity (Wildman–Crippen MR) is 155 cm³/mol. The van der Waals surface area contributed by atoms with Crippen LogP contribution in [-0.2, 0) is 0 Å². The molecule has 0 unspecified atom stereocenters. The van der Waals surface area contributed by atoms with Gasteiger partial charge in [-0.2, -0.15) is 8.78 Å². The van der Waals surface area contributed by atoms with Crippen molar-refractivity contribution in [2.75, 3.05) is 0 Å². The van der Waals surface area contributed by atoms with Crippen LogP contribution in [0.15, 0.2) is 42.5 Å². The van der Waals surface area contributed by atoms with Crippen molar-refractivity contribution in [3.63, 3.8) is 0 Å². The fraction of sp³-hybridized carbons (Fsp3) is 0.636. The summed E-state index contributed by atoms with van der Waals surface area (Å²) < 4.78 is 57.1. The van der Waals surface area contributed by atoms with Gasteiger partial charge in [0.05, 0.1) is 8.07 Å². The number of halogens is 4. The molecular formula is C33H46F4OSi. The van der Waals surface area contributed by atoms with Crippen LogP contribution in [0.1, 0.15) is 102 Å². The number of rotatable bonds is 13. The van der Waals surface area contributed by atoms with E-state index in [0.29, 0.717) is 11.5 Å². The maximum Gasteiger partial charge on any atom is 0.387 e. The quantitative estimate of drug-likeness (QED) is 0.134. The largest absolute Gasteiger partial charge is 0.429 e. The molecule has 0 atom stereocenters. The lowest BCUT2D eigenvalue weighted by molar-refractivity contribution is -0.0546. The Hall–Kier alpha value is -1.82. The van der Waals surface area contributed by atoms with Crippen LogP contribution in [0.2, 0.25) is 18.1 Å². The minimum atomic E-state index is -3.24. The molecule has 2 fully saturated rings. The van der Waals surface area contributed by atoms with Crippen LogP contribution >= 0.6 is 0 Å². The van der Waals surface area contributed by atoms with Crippen LogP contribution in [0.25, 0.3) is 0 Å². The fourth-order valence-electron chi connectivity index (χ4n) is 7.37. The van der Waals surface area contributed by atoms with Gasteiger partial charge in [-0.15, -0.1) is 0 Å². The molecular weight excluding hydrogens is 516 g/mol. The minimum Gasteiger partial charge on any atom is -0.429 e. The topological polar surface area (TPSA) is 9.23 Å². The smallest absolute Gasteiger partial charge is 0.387 e. The average Bonchev–Trinajstić information content (AvgIpc) is 2.94. The molecule has 1 aliphatic carbocycles. The molecule has 0 amide bonds. The van der Waals surface area contributed by atoms with Crippen LogP contribution in [-0.4, -0.2) is 14.7 Å². The summed E-state index contributed by atoms with van der Waals surface area (Å²) in [6.45, 7) is -0.940. The van der Waals surface area contributed by atoms with Gasteiger partial charge in [-0.1, -0.05) is 118 Å². The molecule has 2 aliphatic rings. The molecule has 1 saturated carbocycles. The molecule has 1 heterocycles. The third-order valence-electron chi connectivity index (χ3n) is 9.73. The highest BCUT2D eigenvalue weighted by Crippen LogP contribution is 2.41. The number of alkyl halides is 2. The summed E-state index contributed by atoms with van der Waals surface area (Å²) >= 11 is 0. The van der Waals surface area contributed by atoms with E-state index in [-0.39, 0.29) is 5.92 Å². The number of benzene rings is 2. The van der Waals surface area contributed by atoms with Crippen molar-refractivity contribution in [2.24, 2.45) is 11.8 Å². The molecule has 0 bridgehead atoms. The molecule has 2 aromatic rings. The molecule has 6 heteroatoms. The summed E-state index contributed by atoms with van der Waals surface area (Å²) in [5, 5.41) is 1.69. The highest BCUT2D eigenvalue weighted by molar-refractivity contribution is 6.92. The monoisotopic (exact) mass is 562 g/mol. The summed E-state index contributed by atoms with van der Waals surface area (Å²) in [5.41, 5.74) is 0.562. The van der Waals surface area contributed by atoms with Crippen molar-refractivity contribution in [1.82, 2.24) is 0 Å². The second kappa shape index (κ2) is 14.7. The van der Waals surface area contributed by atoms with E-state index in [1.54, 1.807) is 5.19 Å². The first-order valence-electron chi connectivity index (χ1n) is 15.4. The van der Waals surface area contributed by atoms with Crippen molar-refractivity contribution in [1.29, 1.82) is 0 Å². The van der Waals surface area contributed by atoms with Crippen molar-refractivity contribution < 1.29 is 22.3 Å². The van der Waals surface area contributed by atoms with E-state index in [0.717, 1.165) is 31.6 Å². The number of hydrogen-bond acceptors (Lipinski definition) is 1. The van der Waals surface area contributed by atoms with Gasteiger partial charge in [0.2, 0.25) is 0 Å². The van der Waals surface area contributed by atoms with E-state index in [1.165, 1.54) is 88.1 Å². The lowest BCUT2D eigenvalue weighted by atomic mass is 9.77. The zero-order valence-corrected chi connectivity index (χ0v) is 24.6. The van der Waals surface area contributed by atoms with E-state index in [9.17, 15) is 17.6 Å². The van der Waals surface area contributed by atoms with Gasteiger partial charge in [-0.3, -0.25) is 0 Å². The van der Waals surface area contributed by atoms with E-state index in [1.807, 2.05) is 0 Å². The Balaban J connectivity index is 1.17. The summed E-state index contributed by atoms with van der Waals surface area (Å²) in [6, 6.07) is 18.2. The second-order valence-corrected chi connectivity index (χ2v) is 16.9. The van der Waals surface area contributed by atoms with Crippen LogP contribution < -0.4 is 9.92 Å². The van der Waals surface area contributed by atoms with Gasteiger partial charge in [-0.25, -0.2) is 8.78 Å². The molecule has 1 nitrogen and oxygen atoms in total. The summed E-state index contributed by atoms with van der Waals surface area (Å²) in [6.07, 6.45) is 16.0. The van der Waals surface area contributed by atoms with Crippen molar-refractivity contribution >= 4 is 13.3 Å². The first kappa shape index (κ1) is 30.1. The molecule has 0 N–H and O–H groups in total. The predicted octanol–water partition coefficient (Wildman–Crippen LogP) is 10.4. The van der Waals surface area contributed by atoms with Gasteiger partial charge in [0.15, 0.2) is 17.4 Å². The molecule has 1 saturated heterocycles. The van der Waals surface area contributed by atoms with Crippen molar-refractivity contribution in [3.05, 3.63) is 59.7 Å². The number of ether oxygens (including phenoxy) is 1. The Morgan fingerprint density at radius 3 is 1.95 bits per heavy atom. The maximum atomic E-state index is 14.2. The Morgan fingerprint density at radius 2 is 1.38 bits per heavy atom. The van der Waals surface area contributed by atoms with Crippen LogP contribution in [0.5, 0.6) is 5.75 Å². The van der Waals surface area contributed by atoms with Crippen LogP contribution in [0.3, 0.4) is 0 Å². The molecule has 216 valence electrons. The Bertz CT molecular complexity index is 975. The third kappa shape index (κ3) is 8.34. The molecule has 0 aromatic heterocycles. The van der Waals surface area contributed by atoms with E-state index >= 15 is 0 Å². The fourth-order valence-corrected chi connectivity index (χ4v) is 12.7. The minimum absolute atomic E-state index is 0.0828. The zero-order chi connectivity index (χ0) is 27.7. The van der Waals surface area contributed by atoms with Crippen molar-refractivity contribution in [3.8, 4) is 5.75 Å². The highest BCUT2D eigenvalue weighted by Gasteiger charge is 2.38. The van der Waals surface area contributed by atoms with Crippen LogP contribution in [0, 0.1) is 23.5 Å². The Labute approximate surface area is 233 Å². The number of unbranched alkanes of at least 4 members (excludes halogenated alkanes) is 3. The molecule has 0 radical (unpaired) electrons. The molecule has 1 aliphatic heterocycles. The van der Waals surface area contributed by atoms with Gasteiger partial charge in [0.25, 0.3) is 0 Å². The Kier molecular flexibility index (Phi) is 11.4. The lowest BCUT2D eigenvalue weighted by Gasteiger charge is -2.39. The SMILES string of the molecule is CCCCC[Si]1(c2ccccc2)CCC(CCCCC2CCC(c3cc(F)c(OC(F)F)c(F)c3)CC2)CC1. The first-order valence-corrected chi connectivity index (χ1v) is 18.0. The second-order valence-electron chi connectivity index (χ2n) is 12.2. The standard InChI is InChI=1S/C33H46F4OSi/c1-2-3-9-20-39(29-12-5-4-6-13-29)21-18-26(19-22-39)11-8-7-10-25-14-16-27(17-15-25)28-23-30(34)32(31(35)24-28)38-33(36)37/h4-6,12-13,23-27,33H,2-3,7-11,14-22H2,1H3. The van der Waals surface area contributed by atoms with Crippen molar-refractivity contribution in [2.45, 2.75) is 121 Å². The van der Waals surface area contributed by atoms with Gasteiger partial charge in [-0.05, 0) is 61.1 Å². The molecule has 4 rings (SSSR count). The molecule has 2 aromatic carbocycles. The highest BCUT2D eigenvalue weighted by atomic mass is 28.3. The lowest BCUT2D eigenvalue weighted by Crippen LogP contribution is -2.49. The van der Waals surface area contributed by atoms with Gasteiger partial charge in [0.1, 0.15) is 0 Å². The van der Waals surface area contributed by atoms with E-state index < -0.39 is 32.1 Å².